The standard InChI is InChI=1S/C14H15N3O3/c1-9-7-12(16-15-9)13(18)17(2)8-10-3-5-11(6-4-10)14(19)20/h3-7H,8H2,1-2H3,(H,15,16)(H,19,20). The summed E-state index contributed by atoms with van der Waals surface area (Å²) >= 11 is 0. The fourth-order valence-corrected chi connectivity index (χ4v) is 1.82. The molecule has 0 saturated carbocycles. The van der Waals surface area contributed by atoms with E-state index in [9.17, 15) is 9.59 Å². The SMILES string of the molecule is Cc1cc(C(=O)N(C)Cc2ccc(C(=O)O)cc2)n[nH]1. The van der Waals surface area contributed by atoms with Gasteiger partial charge in [-0.25, -0.2) is 4.79 Å². The van der Waals surface area contributed by atoms with Crippen LogP contribution >= 0.6 is 0 Å². The predicted octanol–water partition coefficient (Wildman–Crippen LogP) is 1.69. The quantitative estimate of drug-likeness (QED) is 0.887. The molecule has 2 aromatic rings. The van der Waals surface area contributed by atoms with E-state index in [2.05, 4.69) is 10.2 Å². The van der Waals surface area contributed by atoms with E-state index in [0.717, 1.165) is 11.3 Å². The van der Waals surface area contributed by atoms with Gasteiger partial charge in [-0.3, -0.25) is 9.89 Å². The third-order valence-corrected chi connectivity index (χ3v) is 2.89. The Morgan fingerprint density at radius 2 is 1.95 bits per heavy atom. The first kappa shape index (κ1) is 13.8. The molecule has 1 heterocycles. The highest BCUT2D eigenvalue weighted by Gasteiger charge is 2.15. The first-order valence-corrected chi connectivity index (χ1v) is 6.07. The molecule has 2 N–H and O–H groups in total. The zero-order chi connectivity index (χ0) is 14.7. The molecule has 0 radical (unpaired) electrons. The molecule has 0 saturated heterocycles. The first-order valence-electron chi connectivity index (χ1n) is 6.07. The number of carboxylic acids is 1. The van der Waals surface area contributed by atoms with E-state index >= 15 is 0 Å². The molecule has 2 rings (SSSR count). The zero-order valence-corrected chi connectivity index (χ0v) is 11.3. The van der Waals surface area contributed by atoms with E-state index in [1.807, 2.05) is 6.92 Å². The molecular formula is C14H15N3O3. The minimum atomic E-state index is -0.965. The molecule has 20 heavy (non-hydrogen) atoms. The number of rotatable bonds is 4. The minimum absolute atomic E-state index is 0.184. The smallest absolute Gasteiger partial charge is 0.335 e. The van der Waals surface area contributed by atoms with E-state index in [0.29, 0.717) is 12.2 Å². The maximum Gasteiger partial charge on any atom is 0.335 e. The van der Waals surface area contributed by atoms with Crippen LogP contribution in [-0.4, -0.2) is 39.1 Å². The summed E-state index contributed by atoms with van der Waals surface area (Å²) in [6.07, 6.45) is 0. The number of benzene rings is 1. The third-order valence-electron chi connectivity index (χ3n) is 2.89. The van der Waals surface area contributed by atoms with Crippen molar-refractivity contribution in [2.24, 2.45) is 0 Å². The lowest BCUT2D eigenvalue weighted by atomic mass is 10.1. The molecule has 0 unspecified atom stereocenters. The number of amides is 1. The molecule has 1 amide bonds. The average molecular weight is 273 g/mol. The molecule has 0 bridgehead atoms. The van der Waals surface area contributed by atoms with Crippen LogP contribution in [0.1, 0.15) is 32.1 Å². The van der Waals surface area contributed by atoms with Crippen molar-refractivity contribution in [3.63, 3.8) is 0 Å². The zero-order valence-electron chi connectivity index (χ0n) is 11.3. The van der Waals surface area contributed by atoms with Gasteiger partial charge in [0.2, 0.25) is 0 Å². The predicted molar refractivity (Wildman–Crippen MR) is 72.5 cm³/mol. The van der Waals surface area contributed by atoms with Crippen molar-refractivity contribution >= 4 is 11.9 Å². The van der Waals surface area contributed by atoms with Gasteiger partial charge in [0.05, 0.1) is 5.56 Å². The highest BCUT2D eigenvalue weighted by molar-refractivity contribution is 5.92. The lowest BCUT2D eigenvalue weighted by molar-refractivity contribution is 0.0695. The van der Waals surface area contributed by atoms with E-state index in [1.54, 1.807) is 25.2 Å². The van der Waals surface area contributed by atoms with Gasteiger partial charge in [0, 0.05) is 19.3 Å². The topological polar surface area (TPSA) is 86.3 Å². The largest absolute Gasteiger partial charge is 0.478 e. The van der Waals surface area contributed by atoms with Gasteiger partial charge >= 0.3 is 5.97 Å². The summed E-state index contributed by atoms with van der Waals surface area (Å²) in [5, 5.41) is 15.5. The van der Waals surface area contributed by atoms with Crippen LogP contribution in [0.2, 0.25) is 0 Å². The maximum absolute atomic E-state index is 12.1. The number of hydrogen-bond acceptors (Lipinski definition) is 3. The molecule has 0 atom stereocenters. The Labute approximate surface area is 116 Å². The summed E-state index contributed by atoms with van der Waals surface area (Å²) in [6, 6.07) is 8.13. The summed E-state index contributed by atoms with van der Waals surface area (Å²) in [7, 11) is 1.68. The number of nitrogens with zero attached hydrogens (tertiary/aromatic N) is 2. The van der Waals surface area contributed by atoms with Gasteiger partial charge in [-0.15, -0.1) is 0 Å². The number of hydrogen-bond donors (Lipinski definition) is 2. The van der Waals surface area contributed by atoms with E-state index in [1.165, 1.54) is 17.0 Å². The van der Waals surface area contributed by atoms with Gasteiger partial charge in [-0.1, -0.05) is 12.1 Å². The Balaban J connectivity index is 2.05. The summed E-state index contributed by atoms with van der Waals surface area (Å²) < 4.78 is 0. The van der Waals surface area contributed by atoms with Gasteiger partial charge in [0.1, 0.15) is 5.69 Å². The molecule has 1 aromatic carbocycles. The van der Waals surface area contributed by atoms with Crippen molar-refractivity contribution in [1.29, 1.82) is 0 Å². The Morgan fingerprint density at radius 1 is 1.30 bits per heavy atom. The van der Waals surface area contributed by atoms with Crippen LogP contribution < -0.4 is 0 Å². The van der Waals surface area contributed by atoms with E-state index in [4.69, 9.17) is 5.11 Å². The Kier molecular flexibility index (Phi) is 3.84. The molecule has 0 aliphatic rings. The van der Waals surface area contributed by atoms with Crippen LogP contribution in [0.25, 0.3) is 0 Å². The van der Waals surface area contributed by atoms with Crippen LogP contribution in [0.4, 0.5) is 0 Å². The summed E-state index contributed by atoms with van der Waals surface area (Å²) in [4.78, 5) is 24.4. The summed E-state index contributed by atoms with van der Waals surface area (Å²) in [6.45, 7) is 2.22. The molecule has 6 heteroatoms. The minimum Gasteiger partial charge on any atom is -0.478 e. The number of carbonyl (C=O) groups excluding carboxylic acids is 1. The highest BCUT2D eigenvalue weighted by atomic mass is 16.4. The van der Waals surface area contributed by atoms with Crippen LogP contribution in [0.3, 0.4) is 0 Å². The molecule has 0 fully saturated rings. The second-order valence-electron chi connectivity index (χ2n) is 4.60. The summed E-state index contributed by atoms with van der Waals surface area (Å²) in [5.41, 5.74) is 2.28. The number of aromatic amines is 1. The van der Waals surface area contributed by atoms with Crippen molar-refractivity contribution in [1.82, 2.24) is 15.1 Å². The maximum atomic E-state index is 12.1. The van der Waals surface area contributed by atoms with Crippen molar-refractivity contribution in [2.75, 3.05) is 7.05 Å². The lowest BCUT2D eigenvalue weighted by Gasteiger charge is -2.15. The molecule has 104 valence electrons. The fourth-order valence-electron chi connectivity index (χ4n) is 1.82. The summed E-state index contributed by atoms with van der Waals surface area (Å²) in [5.74, 6) is -1.15. The number of aryl methyl sites for hydroxylation is 1. The third kappa shape index (κ3) is 3.03. The Hall–Kier alpha value is -2.63. The number of aromatic nitrogens is 2. The number of aromatic carboxylic acids is 1. The fraction of sp³-hybridized carbons (Fsp3) is 0.214. The van der Waals surface area contributed by atoms with Crippen molar-refractivity contribution < 1.29 is 14.7 Å². The monoisotopic (exact) mass is 273 g/mol. The average Bonchev–Trinajstić information content (AvgIpc) is 2.85. The molecule has 1 aromatic heterocycles. The van der Waals surface area contributed by atoms with Gasteiger partial charge < -0.3 is 10.0 Å². The van der Waals surface area contributed by atoms with Gasteiger partial charge in [0.15, 0.2) is 0 Å². The van der Waals surface area contributed by atoms with Crippen LogP contribution in [0.5, 0.6) is 0 Å². The van der Waals surface area contributed by atoms with Gasteiger partial charge in [-0.2, -0.15) is 5.10 Å². The molecule has 0 aliphatic carbocycles. The second-order valence-corrected chi connectivity index (χ2v) is 4.60. The molecule has 0 aliphatic heterocycles. The van der Waals surface area contributed by atoms with Gasteiger partial charge in [0.25, 0.3) is 5.91 Å². The number of nitrogens with one attached hydrogen (secondary N) is 1. The molecule has 0 spiro atoms. The number of H-pyrrole nitrogens is 1. The second kappa shape index (κ2) is 5.56. The van der Waals surface area contributed by atoms with Crippen molar-refractivity contribution in [2.45, 2.75) is 13.5 Å². The molecule has 6 nitrogen and oxygen atoms in total. The van der Waals surface area contributed by atoms with Crippen molar-refractivity contribution in [3.8, 4) is 0 Å². The molecular weight excluding hydrogens is 258 g/mol. The Bertz CT molecular complexity index is 631. The van der Waals surface area contributed by atoms with Crippen molar-refractivity contribution in [3.05, 3.63) is 52.8 Å². The normalized spacial score (nSPS) is 10.3. The Morgan fingerprint density at radius 3 is 2.45 bits per heavy atom. The van der Waals surface area contributed by atoms with Crippen LogP contribution in [0, 0.1) is 6.92 Å². The number of carboxylic acid groups (broad SMARTS) is 1. The van der Waals surface area contributed by atoms with E-state index < -0.39 is 5.97 Å². The lowest BCUT2D eigenvalue weighted by Crippen LogP contribution is -2.26. The highest BCUT2D eigenvalue weighted by Crippen LogP contribution is 2.09. The van der Waals surface area contributed by atoms with Crippen LogP contribution in [-0.2, 0) is 6.54 Å². The van der Waals surface area contributed by atoms with Gasteiger partial charge in [-0.05, 0) is 30.7 Å². The number of carbonyl (C=O) groups is 2. The van der Waals surface area contributed by atoms with E-state index in [-0.39, 0.29) is 11.5 Å². The van der Waals surface area contributed by atoms with Crippen LogP contribution in [0.15, 0.2) is 30.3 Å². The first-order chi connectivity index (χ1) is 9.47.